The van der Waals surface area contributed by atoms with Gasteiger partial charge in [-0.25, -0.2) is 0 Å². The van der Waals surface area contributed by atoms with E-state index in [0.29, 0.717) is 5.75 Å². The number of carbonyl (C=O) groups is 1. The second-order valence-corrected chi connectivity index (χ2v) is 9.14. The number of methoxy groups -OCH3 is 1. The summed E-state index contributed by atoms with van der Waals surface area (Å²) in [4.78, 5) is 11.6. The van der Waals surface area contributed by atoms with E-state index in [2.05, 4.69) is 36.9 Å². The molecule has 1 unspecified atom stereocenters. The molecule has 0 saturated carbocycles. The van der Waals surface area contributed by atoms with Crippen LogP contribution in [0.15, 0.2) is 24.3 Å². The predicted molar refractivity (Wildman–Crippen MR) is 102 cm³/mol. The molecule has 0 aliphatic heterocycles. The molecule has 1 aromatic rings. The van der Waals surface area contributed by atoms with Crippen LogP contribution in [-0.4, -0.2) is 37.9 Å². The predicted octanol–water partition coefficient (Wildman–Crippen LogP) is 2.96. The first-order valence-corrected chi connectivity index (χ1v) is 8.58. The van der Waals surface area contributed by atoms with Gasteiger partial charge in [-0.3, -0.25) is 4.79 Å². The van der Waals surface area contributed by atoms with Crippen LogP contribution in [0.25, 0.3) is 0 Å². The SMILES string of the molecule is COC(=O)C(C)(C)COc1ccc([B]OC(C)(C)C(C)(C)P)cc1. The minimum atomic E-state index is -0.683. The van der Waals surface area contributed by atoms with Crippen LogP contribution >= 0.6 is 9.24 Å². The lowest BCUT2D eigenvalue weighted by Gasteiger charge is -2.39. The maximum atomic E-state index is 11.6. The topological polar surface area (TPSA) is 44.8 Å². The zero-order chi connectivity index (χ0) is 18.6. The van der Waals surface area contributed by atoms with Crippen molar-refractivity contribution in [2.45, 2.75) is 52.3 Å². The zero-order valence-electron chi connectivity index (χ0n) is 15.8. The third kappa shape index (κ3) is 5.79. The Kier molecular flexibility index (Phi) is 6.89. The molecule has 0 aliphatic rings. The molecule has 0 saturated heterocycles. The zero-order valence-corrected chi connectivity index (χ0v) is 17.0. The molecule has 1 aromatic carbocycles. The molecule has 1 radical (unpaired) electrons. The van der Waals surface area contributed by atoms with Gasteiger partial charge in [-0.05, 0) is 39.8 Å². The number of hydrogen-bond donors (Lipinski definition) is 0. The molecule has 0 fully saturated rings. The molecule has 0 N–H and O–H groups in total. The normalized spacial score (nSPS) is 12.7. The molecule has 4 nitrogen and oxygen atoms in total. The van der Waals surface area contributed by atoms with Crippen LogP contribution in [0.2, 0.25) is 0 Å². The van der Waals surface area contributed by atoms with Crippen molar-refractivity contribution in [3.8, 4) is 5.75 Å². The Balaban J connectivity index is 2.59. The molecule has 133 valence electrons. The van der Waals surface area contributed by atoms with E-state index in [1.165, 1.54) is 7.11 Å². The van der Waals surface area contributed by atoms with Crippen LogP contribution in [0.4, 0.5) is 0 Å². The second-order valence-electron chi connectivity index (χ2n) is 7.70. The van der Waals surface area contributed by atoms with E-state index in [1.54, 1.807) is 21.3 Å². The highest BCUT2D eigenvalue weighted by molar-refractivity contribution is 7.19. The van der Waals surface area contributed by atoms with Gasteiger partial charge in [0.15, 0.2) is 0 Å². The minimum absolute atomic E-state index is 0.0496. The second kappa shape index (κ2) is 7.88. The Morgan fingerprint density at radius 3 is 2.08 bits per heavy atom. The third-order valence-electron chi connectivity index (χ3n) is 4.26. The monoisotopic (exact) mass is 351 g/mol. The lowest BCUT2D eigenvalue weighted by Crippen LogP contribution is -2.45. The Morgan fingerprint density at radius 1 is 1.08 bits per heavy atom. The van der Waals surface area contributed by atoms with E-state index in [4.69, 9.17) is 14.1 Å². The molecular formula is C18H29BO4P. The first-order valence-electron chi connectivity index (χ1n) is 8.00. The van der Waals surface area contributed by atoms with Crippen molar-refractivity contribution in [3.63, 3.8) is 0 Å². The summed E-state index contributed by atoms with van der Waals surface area (Å²) in [7, 11) is 5.95. The first kappa shape index (κ1) is 21.0. The van der Waals surface area contributed by atoms with Gasteiger partial charge in [-0.15, -0.1) is 9.24 Å². The molecule has 6 heteroatoms. The summed E-state index contributed by atoms with van der Waals surface area (Å²) in [5.41, 5.74) is -0.0362. The van der Waals surface area contributed by atoms with E-state index in [0.717, 1.165) is 5.46 Å². The molecule has 0 heterocycles. The molecule has 1 atom stereocenters. The summed E-state index contributed by atoms with van der Waals surface area (Å²) < 4.78 is 16.4. The van der Waals surface area contributed by atoms with Gasteiger partial charge in [0.2, 0.25) is 0 Å². The Labute approximate surface area is 149 Å². The van der Waals surface area contributed by atoms with Gasteiger partial charge >= 0.3 is 13.5 Å². The summed E-state index contributed by atoms with van der Waals surface area (Å²) in [5.74, 6) is 0.415. The average Bonchev–Trinajstić information content (AvgIpc) is 2.50. The highest BCUT2D eigenvalue weighted by Gasteiger charge is 2.33. The highest BCUT2D eigenvalue weighted by atomic mass is 31.0. The van der Waals surface area contributed by atoms with Crippen molar-refractivity contribution in [2.75, 3.05) is 13.7 Å². The van der Waals surface area contributed by atoms with E-state index in [-0.39, 0.29) is 23.3 Å². The van der Waals surface area contributed by atoms with Crippen molar-refractivity contribution < 1.29 is 18.9 Å². The maximum Gasteiger partial charge on any atom is 0.330 e. The van der Waals surface area contributed by atoms with Crippen molar-refractivity contribution in [2.24, 2.45) is 5.41 Å². The van der Waals surface area contributed by atoms with Crippen LogP contribution in [0.5, 0.6) is 5.75 Å². The van der Waals surface area contributed by atoms with Crippen LogP contribution in [0.1, 0.15) is 41.5 Å². The highest BCUT2D eigenvalue weighted by Crippen LogP contribution is 2.33. The number of hydrogen-bond acceptors (Lipinski definition) is 4. The number of ether oxygens (including phenoxy) is 2. The fraction of sp³-hybridized carbons (Fsp3) is 0.611. The Morgan fingerprint density at radius 2 is 1.62 bits per heavy atom. The third-order valence-corrected chi connectivity index (χ3v) is 4.95. The molecule has 0 aliphatic carbocycles. The Bertz CT molecular complexity index is 547. The van der Waals surface area contributed by atoms with Gasteiger partial charge in [0.25, 0.3) is 0 Å². The molecule has 0 bridgehead atoms. The smallest absolute Gasteiger partial charge is 0.330 e. The van der Waals surface area contributed by atoms with E-state index < -0.39 is 5.41 Å². The van der Waals surface area contributed by atoms with Crippen LogP contribution in [0.3, 0.4) is 0 Å². The average molecular weight is 351 g/mol. The van der Waals surface area contributed by atoms with Gasteiger partial charge in [-0.1, -0.05) is 31.4 Å². The molecule has 0 aromatic heterocycles. The van der Waals surface area contributed by atoms with Gasteiger partial charge in [0, 0.05) is 5.16 Å². The van der Waals surface area contributed by atoms with Crippen LogP contribution in [0, 0.1) is 5.41 Å². The molecular weight excluding hydrogens is 322 g/mol. The first-order chi connectivity index (χ1) is 10.9. The van der Waals surface area contributed by atoms with Gasteiger partial charge in [-0.2, -0.15) is 0 Å². The maximum absolute atomic E-state index is 11.6. The molecule has 24 heavy (non-hydrogen) atoms. The van der Waals surface area contributed by atoms with Crippen LogP contribution in [-0.2, 0) is 14.2 Å². The largest absolute Gasteiger partial charge is 0.492 e. The standard InChI is InChI=1S/C18H29BO4P/c1-16(2,15(20)21-7)12-22-14-10-8-13(9-11-14)19-23-17(3,4)18(5,6)24/h8-11H,12,24H2,1-7H3. The van der Waals surface area contributed by atoms with Crippen molar-refractivity contribution >= 4 is 28.2 Å². The fourth-order valence-electron chi connectivity index (χ4n) is 1.61. The molecule has 0 spiro atoms. The number of esters is 1. The number of rotatable bonds is 8. The summed E-state index contributed by atoms with van der Waals surface area (Å²) >= 11 is 0. The minimum Gasteiger partial charge on any atom is -0.492 e. The van der Waals surface area contributed by atoms with Crippen molar-refractivity contribution in [1.29, 1.82) is 0 Å². The van der Waals surface area contributed by atoms with Gasteiger partial charge in [0.1, 0.15) is 12.4 Å². The summed E-state index contributed by atoms with van der Waals surface area (Å²) in [5, 5.41) is -0.0496. The Hall–Kier alpha value is -1.06. The van der Waals surface area contributed by atoms with E-state index in [1.807, 2.05) is 24.3 Å². The quantitative estimate of drug-likeness (QED) is 0.410. The summed E-state index contributed by atoms with van der Waals surface area (Å²) in [6, 6.07) is 7.57. The van der Waals surface area contributed by atoms with Crippen molar-refractivity contribution in [3.05, 3.63) is 24.3 Å². The van der Waals surface area contributed by atoms with E-state index >= 15 is 0 Å². The summed E-state index contributed by atoms with van der Waals surface area (Å²) in [6.45, 7) is 12.2. The number of benzene rings is 1. The fourth-order valence-corrected chi connectivity index (χ4v) is 1.68. The summed E-state index contributed by atoms with van der Waals surface area (Å²) in [6.07, 6.45) is 0. The lowest BCUT2D eigenvalue weighted by atomic mass is 9.84. The van der Waals surface area contributed by atoms with Gasteiger partial charge in [0.05, 0.1) is 18.1 Å². The lowest BCUT2D eigenvalue weighted by molar-refractivity contribution is -0.152. The van der Waals surface area contributed by atoms with Gasteiger partial charge < -0.3 is 14.1 Å². The van der Waals surface area contributed by atoms with Crippen LogP contribution < -0.4 is 10.2 Å². The molecule has 0 amide bonds. The van der Waals surface area contributed by atoms with E-state index in [9.17, 15) is 4.79 Å². The molecule has 1 rings (SSSR count). The number of carbonyl (C=O) groups excluding carboxylic acids is 1. The van der Waals surface area contributed by atoms with Crippen molar-refractivity contribution in [1.82, 2.24) is 0 Å².